The van der Waals surface area contributed by atoms with E-state index in [1.807, 2.05) is 13.8 Å². The number of carbonyl (C=O) groups excluding carboxylic acids is 2. The molecule has 2 heterocycles. The zero-order chi connectivity index (χ0) is 14.7. The number of nitrogens with zero attached hydrogens (tertiary/aromatic N) is 2. The van der Waals surface area contributed by atoms with Crippen molar-refractivity contribution in [3.8, 4) is 0 Å². The zero-order valence-corrected chi connectivity index (χ0v) is 11.9. The van der Waals surface area contributed by atoms with Crippen LogP contribution in [0.25, 0.3) is 5.52 Å². The third-order valence-electron chi connectivity index (χ3n) is 2.86. The van der Waals surface area contributed by atoms with Crippen LogP contribution in [0, 0.1) is 5.92 Å². The van der Waals surface area contributed by atoms with Crippen molar-refractivity contribution in [1.82, 2.24) is 9.38 Å². The number of hydrogen-bond acceptors (Lipinski definition) is 4. The highest BCUT2D eigenvalue weighted by atomic mass is 16.5. The molecule has 0 spiro atoms. The Kier molecular flexibility index (Phi) is 4.17. The predicted molar refractivity (Wildman–Crippen MR) is 74.9 cm³/mol. The average molecular weight is 274 g/mol. The molecule has 0 saturated carbocycles. The lowest BCUT2D eigenvalue weighted by atomic mass is 10.1. The number of ketones is 1. The Morgan fingerprint density at radius 3 is 2.75 bits per heavy atom. The average Bonchev–Trinajstić information content (AvgIpc) is 2.78. The van der Waals surface area contributed by atoms with Crippen molar-refractivity contribution in [3.63, 3.8) is 0 Å². The summed E-state index contributed by atoms with van der Waals surface area (Å²) in [6, 6.07) is 5.36. The molecule has 0 unspecified atom stereocenters. The molecular weight excluding hydrogens is 256 g/mol. The highest BCUT2D eigenvalue weighted by Crippen LogP contribution is 2.17. The van der Waals surface area contributed by atoms with Crippen LogP contribution in [0.1, 0.15) is 48.3 Å². The van der Waals surface area contributed by atoms with Gasteiger partial charge in [0.15, 0.2) is 17.3 Å². The van der Waals surface area contributed by atoms with Crippen molar-refractivity contribution in [2.24, 2.45) is 5.92 Å². The second-order valence-corrected chi connectivity index (χ2v) is 4.98. The largest absolute Gasteiger partial charge is 0.461 e. The van der Waals surface area contributed by atoms with Gasteiger partial charge < -0.3 is 4.74 Å². The van der Waals surface area contributed by atoms with Crippen LogP contribution in [0.4, 0.5) is 0 Å². The number of rotatable bonds is 5. The van der Waals surface area contributed by atoms with Crippen LogP contribution in [0.3, 0.4) is 0 Å². The molecule has 2 aromatic rings. The fraction of sp³-hybridized carbons (Fsp3) is 0.400. The topological polar surface area (TPSA) is 60.7 Å². The Morgan fingerprint density at radius 1 is 1.35 bits per heavy atom. The molecule has 0 aromatic carbocycles. The summed E-state index contributed by atoms with van der Waals surface area (Å²) in [5, 5.41) is 0. The summed E-state index contributed by atoms with van der Waals surface area (Å²) in [6.07, 6.45) is 2.13. The van der Waals surface area contributed by atoms with Gasteiger partial charge in [-0.1, -0.05) is 19.9 Å². The molecule has 2 aromatic heterocycles. The second kappa shape index (κ2) is 5.86. The third-order valence-corrected chi connectivity index (χ3v) is 2.86. The van der Waals surface area contributed by atoms with Gasteiger partial charge >= 0.3 is 5.97 Å². The first-order valence-electron chi connectivity index (χ1n) is 6.72. The molecule has 0 aliphatic heterocycles. The van der Waals surface area contributed by atoms with Crippen LogP contribution < -0.4 is 0 Å². The Morgan fingerprint density at radius 2 is 2.10 bits per heavy atom. The Bertz CT molecular complexity index is 644. The highest BCUT2D eigenvalue weighted by Gasteiger charge is 2.22. The standard InChI is InChI=1S/C15H18N2O3/c1-4-20-15(19)13-11-7-5-6-8-17(11)14(16-13)12(18)9-10(2)3/h5-8,10H,4,9H2,1-3H3. The molecule has 20 heavy (non-hydrogen) atoms. The lowest BCUT2D eigenvalue weighted by Gasteiger charge is -2.02. The number of pyridine rings is 1. The van der Waals surface area contributed by atoms with Crippen molar-refractivity contribution in [2.45, 2.75) is 27.2 Å². The molecule has 0 fully saturated rings. The van der Waals surface area contributed by atoms with E-state index in [4.69, 9.17) is 4.74 Å². The van der Waals surface area contributed by atoms with E-state index in [9.17, 15) is 9.59 Å². The van der Waals surface area contributed by atoms with Gasteiger partial charge in [-0.2, -0.15) is 0 Å². The molecule has 0 N–H and O–H groups in total. The number of esters is 1. The first kappa shape index (κ1) is 14.2. The summed E-state index contributed by atoms with van der Waals surface area (Å²) < 4.78 is 6.63. The number of ether oxygens (including phenoxy) is 1. The van der Waals surface area contributed by atoms with Crippen molar-refractivity contribution < 1.29 is 14.3 Å². The summed E-state index contributed by atoms with van der Waals surface area (Å²) in [5.74, 6) is -0.0431. The summed E-state index contributed by atoms with van der Waals surface area (Å²) in [7, 11) is 0. The maximum absolute atomic E-state index is 12.2. The van der Waals surface area contributed by atoms with Crippen LogP contribution in [-0.2, 0) is 4.74 Å². The van der Waals surface area contributed by atoms with Crippen molar-refractivity contribution in [2.75, 3.05) is 6.61 Å². The van der Waals surface area contributed by atoms with E-state index in [1.54, 1.807) is 35.7 Å². The van der Waals surface area contributed by atoms with E-state index in [-0.39, 0.29) is 29.8 Å². The number of Topliss-reactive ketones (excluding diaryl/α,β-unsaturated/α-hetero) is 1. The van der Waals surface area contributed by atoms with E-state index < -0.39 is 5.97 Å². The summed E-state index contributed by atoms with van der Waals surface area (Å²) in [4.78, 5) is 28.3. The number of carbonyl (C=O) groups is 2. The molecule has 0 amide bonds. The van der Waals surface area contributed by atoms with Crippen molar-refractivity contribution in [1.29, 1.82) is 0 Å². The first-order chi connectivity index (χ1) is 9.54. The molecular formula is C15H18N2O3. The van der Waals surface area contributed by atoms with E-state index in [0.29, 0.717) is 11.9 Å². The Labute approximate surface area is 117 Å². The van der Waals surface area contributed by atoms with Crippen LogP contribution in [0.2, 0.25) is 0 Å². The van der Waals surface area contributed by atoms with Gasteiger partial charge in [-0.15, -0.1) is 0 Å². The van der Waals surface area contributed by atoms with Crippen molar-refractivity contribution >= 4 is 17.3 Å². The monoisotopic (exact) mass is 274 g/mol. The van der Waals surface area contributed by atoms with Crippen LogP contribution in [0.5, 0.6) is 0 Å². The number of aromatic nitrogens is 2. The van der Waals surface area contributed by atoms with Crippen LogP contribution >= 0.6 is 0 Å². The van der Waals surface area contributed by atoms with Gasteiger partial charge in [-0.05, 0) is 25.0 Å². The minimum atomic E-state index is -0.500. The Hall–Kier alpha value is -2.17. The van der Waals surface area contributed by atoms with E-state index in [1.165, 1.54) is 0 Å². The zero-order valence-electron chi connectivity index (χ0n) is 11.9. The van der Waals surface area contributed by atoms with Gasteiger partial charge in [0, 0.05) is 12.6 Å². The molecule has 0 radical (unpaired) electrons. The molecule has 106 valence electrons. The first-order valence-corrected chi connectivity index (χ1v) is 6.72. The molecule has 0 bridgehead atoms. The third kappa shape index (κ3) is 2.71. The van der Waals surface area contributed by atoms with Gasteiger partial charge in [0.25, 0.3) is 0 Å². The minimum absolute atomic E-state index is 0.0725. The number of fused-ring (bicyclic) bond motifs is 1. The minimum Gasteiger partial charge on any atom is -0.461 e. The summed E-state index contributed by atoms with van der Waals surface area (Å²) in [5.41, 5.74) is 0.789. The van der Waals surface area contributed by atoms with Gasteiger partial charge in [0.05, 0.1) is 12.1 Å². The lowest BCUT2D eigenvalue weighted by molar-refractivity contribution is 0.0522. The van der Waals surface area contributed by atoms with E-state index >= 15 is 0 Å². The van der Waals surface area contributed by atoms with E-state index in [0.717, 1.165) is 0 Å². The fourth-order valence-electron chi connectivity index (χ4n) is 2.05. The maximum atomic E-state index is 12.2. The lowest BCUT2D eigenvalue weighted by Crippen LogP contribution is -2.09. The van der Waals surface area contributed by atoms with Gasteiger partial charge in [-0.25, -0.2) is 9.78 Å². The number of imidazole rings is 1. The fourth-order valence-corrected chi connectivity index (χ4v) is 2.05. The molecule has 2 rings (SSSR count). The SMILES string of the molecule is CCOC(=O)c1nc(C(=O)CC(C)C)n2ccccc12. The van der Waals surface area contributed by atoms with Crippen molar-refractivity contribution in [3.05, 3.63) is 35.9 Å². The molecule has 0 aliphatic carbocycles. The number of hydrogen-bond donors (Lipinski definition) is 0. The van der Waals surface area contributed by atoms with Gasteiger partial charge in [0.2, 0.25) is 0 Å². The normalized spacial score (nSPS) is 11.0. The second-order valence-electron chi connectivity index (χ2n) is 4.98. The molecule has 5 heteroatoms. The molecule has 5 nitrogen and oxygen atoms in total. The summed E-state index contributed by atoms with van der Waals surface area (Å²) in [6.45, 7) is 5.96. The van der Waals surface area contributed by atoms with Crippen LogP contribution in [0.15, 0.2) is 24.4 Å². The maximum Gasteiger partial charge on any atom is 0.359 e. The van der Waals surface area contributed by atoms with E-state index in [2.05, 4.69) is 4.98 Å². The van der Waals surface area contributed by atoms with Gasteiger partial charge in [-0.3, -0.25) is 9.20 Å². The molecule has 0 saturated heterocycles. The Balaban J connectivity index is 2.51. The summed E-state index contributed by atoms with van der Waals surface area (Å²) >= 11 is 0. The molecule has 0 aliphatic rings. The predicted octanol–water partition coefficient (Wildman–Crippen LogP) is 2.74. The van der Waals surface area contributed by atoms with Crippen LogP contribution in [-0.4, -0.2) is 27.7 Å². The molecule has 0 atom stereocenters. The smallest absolute Gasteiger partial charge is 0.359 e. The van der Waals surface area contributed by atoms with Gasteiger partial charge in [0.1, 0.15) is 0 Å². The highest BCUT2D eigenvalue weighted by molar-refractivity contribution is 6.00. The quantitative estimate of drug-likeness (QED) is 0.621.